The van der Waals surface area contributed by atoms with Crippen LogP contribution in [0.3, 0.4) is 0 Å². The van der Waals surface area contributed by atoms with Gasteiger partial charge in [-0.2, -0.15) is 0 Å². The molecule has 1 aromatic carbocycles. The monoisotopic (exact) mass is 279 g/mol. The third-order valence-corrected chi connectivity index (χ3v) is 3.06. The van der Waals surface area contributed by atoms with E-state index in [0.29, 0.717) is 5.56 Å². The molecule has 2 N–H and O–H groups in total. The molecule has 0 heterocycles. The van der Waals surface area contributed by atoms with Gasteiger partial charge in [-0.05, 0) is 25.8 Å². The summed E-state index contributed by atoms with van der Waals surface area (Å²) in [5, 5.41) is 12.1. The molecule has 0 aliphatic heterocycles. The van der Waals surface area contributed by atoms with Gasteiger partial charge in [0.25, 0.3) is 0 Å². The van der Waals surface area contributed by atoms with Crippen molar-refractivity contribution in [3.05, 3.63) is 35.9 Å². The van der Waals surface area contributed by atoms with Crippen LogP contribution in [0.1, 0.15) is 32.8 Å². The third-order valence-electron chi connectivity index (χ3n) is 3.06. The topological polar surface area (TPSA) is 75.6 Å². The van der Waals surface area contributed by atoms with Crippen molar-refractivity contribution in [2.24, 2.45) is 0 Å². The van der Waals surface area contributed by atoms with Gasteiger partial charge in [0.15, 0.2) is 5.54 Å². The van der Waals surface area contributed by atoms with Gasteiger partial charge in [0.1, 0.15) is 6.61 Å². The van der Waals surface area contributed by atoms with Crippen LogP contribution in [0.2, 0.25) is 0 Å². The van der Waals surface area contributed by atoms with Crippen LogP contribution in [0.15, 0.2) is 30.3 Å². The zero-order chi connectivity index (χ0) is 15.2. The molecular formula is C15H21NO4. The summed E-state index contributed by atoms with van der Waals surface area (Å²) < 4.78 is 5.20. The Morgan fingerprint density at radius 1 is 1.30 bits per heavy atom. The second-order valence-electron chi connectivity index (χ2n) is 4.84. The number of nitrogens with one attached hydrogen (secondary N) is 1. The normalized spacial score (nSPS) is 13.8. The number of hydrogen-bond donors (Lipinski definition) is 2. The van der Waals surface area contributed by atoms with Gasteiger partial charge in [-0.3, -0.25) is 4.79 Å². The first-order chi connectivity index (χ1) is 9.42. The van der Waals surface area contributed by atoms with E-state index in [-0.39, 0.29) is 19.1 Å². The van der Waals surface area contributed by atoms with E-state index in [9.17, 15) is 14.7 Å². The van der Waals surface area contributed by atoms with Crippen LogP contribution >= 0.6 is 0 Å². The fourth-order valence-corrected chi connectivity index (χ4v) is 1.93. The number of aliphatic carboxylic acids is 1. The predicted molar refractivity (Wildman–Crippen MR) is 75.3 cm³/mol. The van der Waals surface area contributed by atoms with Crippen LogP contribution < -0.4 is 5.32 Å². The molecule has 1 atom stereocenters. The molecule has 0 aromatic heterocycles. The van der Waals surface area contributed by atoms with Crippen molar-refractivity contribution in [2.45, 2.75) is 38.8 Å². The highest BCUT2D eigenvalue weighted by Gasteiger charge is 2.40. The van der Waals surface area contributed by atoms with Crippen molar-refractivity contribution in [1.82, 2.24) is 5.32 Å². The van der Waals surface area contributed by atoms with Gasteiger partial charge in [-0.1, -0.05) is 37.3 Å². The number of hydrogen-bond acceptors (Lipinski definition) is 3. The average Bonchev–Trinajstić information content (AvgIpc) is 2.43. The van der Waals surface area contributed by atoms with Crippen LogP contribution in [-0.2, 0) is 19.9 Å². The van der Waals surface area contributed by atoms with E-state index in [1.54, 1.807) is 37.3 Å². The molecule has 1 rings (SSSR count). The standard InChI is InChI=1S/C15H21NO4/c1-4-15(14(18)19,12-8-6-5-7-9-12)16-13(17)10-20-11(2)3/h5-9,11H,4,10H2,1-3H3,(H,16,17)(H,18,19). The lowest BCUT2D eigenvalue weighted by atomic mass is 9.87. The highest BCUT2D eigenvalue weighted by atomic mass is 16.5. The predicted octanol–water partition coefficient (Wildman–Crippen LogP) is 1.92. The van der Waals surface area contributed by atoms with Gasteiger partial charge in [0.05, 0.1) is 6.10 Å². The van der Waals surface area contributed by atoms with Gasteiger partial charge in [0.2, 0.25) is 5.91 Å². The average molecular weight is 279 g/mol. The molecule has 0 aliphatic carbocycles. The van der Waals surface area contributed by atoms with Crippen LogP contribution in [0.5, 0.6) is 0 Å². The number of carbonyl (C=O) groups is 2. The van der Waals surface area contributed by atoms with Crippen LogP contribution in [0, 0.1) is 0 Å². The first-order valence-electron chi connectivity index (χ1n) is 6.64. The molecule has 1 amide bonds. The third kappa shape index (κ3) is 3.81. The Hall–Kier alpha value is -1.88. The van der Waals surface area contributed by atoms with Crippen molar-refractivity contribution in [3.63, 3.8) is 0 Å². The number of ether oxygens (including phenoxy) is 1. The Bertz CT molecular complexity index is 458. The lowest BCUT2D eigenvalue weighted by Crippen LogP contribution is -2.52. The number of carboxylic acids is 1. The summed E-state index contributed by atoms with van der Waals surface area (Å²) in [5.74, 6) is -1.52. The van der Waals surface area contributed by atoms with Crippen LogP contribution in [-0.4, -0.2) is 29.7 Å². The summed E-state index contributed by atoms with van der Waals surface area (Å²) in [6.45, 7) is 5.20. The number of benzene rings is 1. The SMILES string of the molecule is CCC(NC(=O)COC(C)C)(C(=O)O)c1ccccc1. The van der Waals surface area contributed by atoms with Crippen molar-refractivity contribution >= 4 is 11.9 Å². The minimum absolute atomic E-state index is 0.0849. The second kappa shape index (κ2) is 7.05. The minimum Gasteiger partial charge on any atom is -0.479 e. The number of amides is 1. The Kier molecular flexibility index (Phi) is 5.70. The first-order valence-corrected chi connectivity index (χ1v) is 6.64. The molecule has 5 heteroatoms. The minimum atomic E-state index is -1.42. The van der Waals surface area contributed by atoms with Crippen molar-refractivity contribution in [2.75, 3.05) is 6.61 Å². The first kappa shape index (κ1) is 16.2. The molecule has 0 radical (unpaired) electrons. The van der Waals surface area contributed by atoms with Crippen molar-refractivity contribution in [1.29, 1.82) is 0 Å². The Morgan fingerprint density at radius 2 is 1.90 bits per heavy atom. The largest absolute Gasteiger partial charge is 0.479 e. The summed E-state index contributed by atoms with van der Waals surface area (Å²) in [5.41, 5.74) is -0.869. The molecule has 5 nitrogen and oxygen atoms in total. The van der Waals surface area contributed by atoms with Crippen molar-refractivity contribution < 1.29 is 19.4 Å². The Morgan fingerprint density at radius 3 is 2.35 bits per heavy atom. The maximum atomic E-state index is 11.9. The molecular weight excluding hydrogens is 258 g/mol. The summed E-state index contributed by atoms with van der Waals surface area (Å²) in [7, 11) is 0. The molecule has 20 heavy (non-hydrogen) atoms. The molecule has 110 valence electrons. The Balaban J connectivity index is 2.96. The lowest BCUT2D eigenvalue weighted by molar-refractivity contribution is -0.149. The van der Waals surface area contributed by atoms with Gasteiger partial charge >= 0.3 is 5.97 Å². The van der Waals surface area contributed by atoms with Crippen LogP contribution in [0.25, 0.3) is 0 Å². The summed E-state index contributed by atoms with van der Waals surface area (Å²) in [6.07, 6.45) is 0.165. The number of carboxylic acid groups (broad SMARTS) is 1. The van der Waals surface area contributed by atoms with Gasteiger partial charge < -0.3 is 15.2 Å². The molecule has 0 aliphatic rings. The highest BCUT2D eigenvalue weighted by Crippen LogP contribution is 2.25. The zero-order valence-corrected chi connectivity index (χ0v) is 12.1. The van der Waals surface area contributed by atoms with E-state index < -0.39 is 17.4 Å². The van der Waals surface area contributed by atoms with E-state index >= 15 is 0 Å². The second-order valence-corrected chi connectivity index (χ2v) is 4.84. The van der Waals surface area contributed by atoms with Crippen LogP contribution in [0.4, 0.5) is 0 Å². The molecule has 0 saturated carbocycles. The van der Waals surface area contributed by atoms with Crippen molar-refractivity contribution in [3.8, 4) is 0 Å². The van der Waals surface area contributed by atoms with Gasteiger partial charge in [-0.15, -0.1) is 0 Å². The van der Waals surface area contributed by atoms with Gasteiger partial charge in [0, 0.05) is 0 Å². The van der Waals surface area contributed by atoms with E-state index in [0.717, 1.165) is 0 Å². The Labute approximate surface area is 118 Å². The molecule has 1 aromatic rings. The lowest BCUT2D eigenvalue weighted by Gasteiger charge is -2.30. The van der Waals surface area contributed by atoms with E-state index in [2.05, 4.69) is 5.32 Å². The molecule has 0 saturated heterocycles. The maximum Gasteiger partial charge on any atom is 0.334 e. The fourth-order valence-electron chi connectivity index (χ4n) is 1.93. The van der Waals surface area contributed by atoms with E-state index in [1.807, 2.05) is 13.8 Å². The van der Waals surface area contributed by atoms with E-state index in [1.165, 1.54) is 0 Å². The summed E-state index contributed by atoms with van der Waals surface area (Å²) in [4.78, 5) is 23.6. The summed E-state index contributed by atoms with van der Waals surface area (Å²) >= 11 is 0. The molecule has 0 bridgehead atoms. The molecule has 1 unspecified atom stereocenters. The highest BCUT2D eigenvalue weighted by molar-refractivity contribution is 5.88. The zero-order valence-electron chi connectivity index (χ0n) is 12.1. The molecule has 0 spiro atoms. The molecule has 0 fully saturated rings. The van der Waals surface area contributed by atoms with E-state index in [4.69, 9.17) is 4.74 Å². The quantitative estimate of drug-likeness (QED) is 0.799. The van der Waals surface area contributed by atoms with Gasteiger partial charge in [-0.25, -0.2) is 4.79 Å². The maximum absolute atomic E-state index is 11.9. The fraction of sp³-hybridized carbons (Fsp3) is 0.467. The summed E-state index contributed by atoms with van der Waals surface area (Å²) in [6, 6.07) is 8.69. The number of rotatable bonds is 7. The smallest absolute Gasteiger partial charge is 0.334 e. The number of carbonyl (C=O) groups excluding carboxylic acids is 1.